The van der Waals surface area contributed by atoms with Crippen LogP contribution in [0.3, 0.4) is 0 Å². The summed E-state index contributed by atoms with van der Waals surface area (Å²) in [5.41, 5.74) is 0.170. The van der Waals surface area contributed by atoms with E-state index in [0.29, 0.717) is 11.8 Å². The number of nitrogens with zero attached hydrogens (tertiary/aromatic N) is 1. The number of carbonyl (C=O) groups excluding carboxylic acids is 1. The van der Waals surface area contributed by atoms with Crippen molar-refractivity contribution in [1.29, 1.82) is 0 Å². The molecule has 6 heteroatoms. The fourth-order valence-electron chi connectivity index (χ4n) is 3.59. The number of rotatable bonds is 1. The molecule has 0 unspecified atom stereocenters. The standard InChI is InChI=1S/C18H30BNO4/c1-16(2,3)22-15(21)20-10-12-8-14(9-13(12)11-20)19-23-17(4,5)18(6,7)24-19/h8,12-13H,9-11H2,1-7H3/t12-,13+/m1/s1. The highest BCUT2D eigenvalue weighted by molar-refractivity contribution is 6.54. The van der Waals surface area contributed by atoms with Crippen LogP contribution in [0.25, 0.3) is 0 Å². The van der Waals surface area contributed by atoms with Gasteiger partial charge in [-0.2, -0.15) is 0 Å². The smallest absolute Gasteiger partial charge is 0.444 e. The third-order valence-electron chi connectivity index (χ3n) is 5.63. The van der Waals surface area contributed by atoms with Crippen LogP contribution < -0.4 is 0 Å². The van der Waals surface area contributed by atoms with Gasteiger partial charge in [0.05, 0.1) is 11.2 Å². The maximum atomic E-state index is 12.2. The molecule has 5 nitrogen and oxygen atoms in total. The molecule has 2 fully saturated rings. The van der Waals surface area contributed by atoms with Gasteiger partial charge in [-0.25, -0.2) is 4.79 Å². The second kappa shape index (κ2) is 5.50. The molecule has 0 N–H and O–H groups in total. The van der Waals surface area contributed by atoms with Gasteiger partial charge in [0.2, 0.25) is 0 Å². The van der Waals surface area contributed by atoms with Crippen LogP contribution in [0.5, 0.6) is 0 Å². The summed E-state index contributed by atoms with van der Waals surface area (Å²) in [4.78, 5) is 14.1. The van der Waals surface area contributed by atoms with E-state index in [9.17, 15) is 4.79 Å². The molecule has 134 valence electrons. The fourth-order valence-corrected chi connectivity index (χ4v) is 3.59. The number of hydrogen-bond donors (Lipinski definition) is 0. The predicted octanol–water partition coefficient (Wildman–Crippen LogP) is 3.43. The van der Waals surface area contributed by atoms with Gasteiger partial charge in [-0.05, 0) is 72.2 Å². The molecular weight excluding hydrogens is 305 g/mol. The van der Waals surface area contributed by atoms with E-state index in [2.05, 4.69) is 33.8 Å². The highest BCUT2D eigenvalue weighted by Gasteiger charge is 2.54. The molecule has 2 atom stereocenters. The molecule has 0 spiro atoms. The van der Waals surface area contributed by atoms with Crippen molar-refractivity contribution in [1.82, 2.24) is 4.90 Å². The van der Waals surface area contributed by atoms with E-state index in [1.807, 2.05) is 25.7 Å². The molecule has 2 saturated heterocycles. The first kappa shape index (κ1) is 17.8. The Bertz CT molecular complexity index is 548. The molecule has 3 rings (SSSR count). The van der Waals surface area contributed by atoms with Crippen molar-refractivity contribution >= 4 is 13.2 Å². The van der Waals surface area contributed by atoms with Gasteiger partial charge in [0.25, 0.3) is 0 Å². The summed E-state index contributed by atoms with van der Waals surface area (Å²) in [5, 5.41) is 0. The van der Waals surface area contributed by atoms with Crippen LogP contribution in [-0.2, 0) is 14.0 Å². The average Bonchev–Trinajstić information content (AvgIpc) is 2.97. The summed E-state index contributed by atoms with van der Waals surface area (Å²) in [6, 6.07) is 0. The average molecular weight is 335 g/mol. The summed E-state index contributed by atoms with van der Waals surface area (Å²) < 4.78 is 17.8. The first-order valence-electron chi connectivity index (χ1n) is 8.92. The largest absolute Gasteiger partial charge is 0.490 e. The number of amides is 1. The van der Waals surface area contributed by atoms with Gasteiger partial charge in [-0.15, -0.1) is 0 Å². The van der Waals surface area contributed by atoms with Crippen molar-refractivity contribution in [2.75, 3.05) is 13.1 Å². The van der Waals surface area contributed by atoms with Gasteiger partial charge in [0.1, 0.15) is 5.60 Å². The molecule has 24 heavy (non-hydrogen) atoms. The Morgan fingerprint density at radius 2 is 1.79 bits per heavy atom. The minimum Gasteiger partial charge on any atom is -0.444 e. The number of carbonyl (C=O) groups is 1. The maximum absolute atomic E-state index is 12.2. The third-order valence-corrected chi connectivity index (χ3v) is 5.63. The van der Waals surface area contributed by atoms with E-state index in [1.165, 1.54) is 5.47 Å². The van der Waals surface area contributed by atoms with Gasteiger partial charge in [0, 0.05) is 13.1 Å². The van der Waals surface area contributed by atoms with E-state index in [-0.39, 0.29) is 24.4 Å². The van der Waals surface area contributed by atoms with Gasteiger partial charge in [-0.1, -0.05) is 6.08 Å². The Morgan fingerprint density at radius 3 is 2.29 bits per heavy atom. The molecule has 0 aromatic carbocycles. The van der Waals surface area contributed by atoms with Crippen molar-refractivity contribution in [3.63, 3.8) is 0 Å². The Balaban J connectivity index is 1.62. The number of ether oxygens (including phenoxy) is 1. The van der Waals surface area contributed by atoms with E-state index in [1.54, 1.807) is 0 Å². The lowest BCUT2D eigenvalue weighted by Gasteiger charge is -2.32. The van der Waals surface area contributed by atoms with Crippen molar-refractivity contribution in [3.05, 3.63) is 11.5 Å². The molecule has 0 aromatic heterocycles. The molecule has 2 heterocycles. The van der Waals surface area contributed by atoms with Crippen molar-refractivity contribution in [3.8, 4) is 0 Å². The topological polar surface area (TPSA) is 48.0 Å². The van der Waals surface area contributed by atoms with E-state index < -0.39 is 5.60 Å². The Kier molecular flexibility index (Phi) is 4.08. The van der Waals surface area contributed by atoms with Crippen LogP contribution in [0, 0.1) is 11.8 Å². The lowest BCUT2D eigenvalue weighted by atomic mass is 9.77. The highest BCUT2D eigenvalue weighted by Crippen LogP contribution is 2.44. The minimum absolute atomic E-state index is 0.206. The first-order valence-corrected chi connectivity index (χ1v) is 8.92. The summed E-state index contributed by atoms with van der Waals surface area (Å²) in [6.45, 7) is 15.5. The molecule has 0 saturated carbocycles. The van der Waals surface area contributed by atoms with Crippen molar-refractivity contribution in [2.45, 2.75) is 71.7 Å². The number of allylic oxidation sites excluding steroid dienone is 1. The third kappa shape index (κ3) is 3.23. The molecule has 2 aliphatic heterocycles. The van der Waals surface area contributed by atoms with Gasteiger partial charge >= 0.3 is 13.2 Å². The lowest BCUT2D eigenvalue weighted by molar-refractivity contribution is 0.00578. The van der Waals surface area contributed by atoms with Crippen molar-refractivity contribution in [2.24, 2.45) is 11.8 Å². The second-order valence-electron chi connectivity index (χ2n) is 9.34. The van der Waals surface area contributed by atoms with Crippen LogP contribution in [-0.4, -0.2) is 48.0 Å². The number of hydrogen-bond acceptors (Lipinski definition) is 4. The molecule has 0 aromatic rings. The predicted molar refractivity (Wildman–Crippen MR) is 93.6 cm³/mol. The monoisotopic (exact) mass is 335 g/mol. The second-order valence-corrected chi connectivity index (χ2v) is 9.34. The maximum Gasteiger partial charge on any atom is 0.490 e. The van der Waals surface area contributed by atoms with E-state index in [4.69, 9.17) is 14.0 Å². The quantitative estimate of drug-likeness (QED) is 0.689. The van der Waals surface area contributed by atoms with Crippen LogP contribution in [0.2, 0.25) is 0 Å². The lowest BCUT2D eigenvalue weighted by Crippen LogP contribution is -2.41. The summed E-state index contributed by atoms with van der Waals surface area (Å²) in [7, 11) is -0.254. The number of fused-ring (bicyclic) bond motifs is 1. The Hall–Kier alpha value is -1.01. The van der Waals surface area contributed by atoms with E-state index >= 15 is 0 Å². The van der Waals surface area contributed by atoms with Gasteiger partial charge in [0.15, 0.2) is 0 Å². The van der Waals surface area contributed by atoms with Crippen LogP contribution in [0.4, 0.5) is 4.79 Å². The molecule has 1 aliphatic carbocycles. The van der Waals surface area contributed by atoms with Crippen molar-refractivity contribution < 1.29 is 18.8 Å². The molecule has 0 bridgehead atoms. The van der Waals surface area contributed by atoms with Crippen LogP contribution in [0.1, 0.15) is 54.9 Å². The van der Waals surface area contributed by atoms with Crippen LogP contribution >= 0.6 is 0 Å². The molecule has 0 radical (unpaired) electrons. The summed E-state index contributed by atoms with van der Waals surface area (Å²) in [6.07, 6.45) is 2.99. The fraction of sp³-hybridized carbons (Fsp3) is 0.833. The zero-order valence-electron chi connectivity index (χ0n) is 16.0. The SMILES string of the molecule is CC(C)(C)OC(=O)N1C[C@@H]2CC(B3OC(C)(C)C(C)(C)O3)=C[C@@H]2C1. The zero-order chi connectivity index (χ0) is 17.9. The summed E-state index contributed by atoms with van der Waals surface area (Å²) in [5.74, 6) is 0.832. The molecule has 3 aliphatic rings. The first-order chi connectivity index (χ1) is 10.9. The molecular formula is C18H30BNO4. The zero-order valence-corrected chi connectivity index (χ0v) is 16.0. The van der Waals surface area contributed by atoms with E-state index in [0.717, 1.165) is 19.5 Å². The number of likely N-dealkylation sites (tertiary alicyclic amines) is 1. The Morgan fingerprint density at radius 1 is 1.21 bits per heavy atom. The van der Waals surface area contributed by atoms with Crippen LogP contribution in [0.15, 0.2) is 11.5 Å². The van der Waals surface area contributed by atoms with Gasteiger partial charge < -0.3 is 18.9 Å². The normalized spacial score (nSPS) is 31.2. The minimum atomic E-state index is -0.446. The summed E-state index contributed by atoms with van der Waals surface area (Å²) >= 11 is 0. The molecule has 1 amide bonds. The highest BCUT2D eigenvalue weighted by atomic mass is 16.7. The van der Waals surface area contributed by atoms with Gasteiger partial charge in [-0.3, -0.25) is 0 Å². The Labute approximate surface area is 145 Å².